The minimum absolute atomic E-state index is 0.0593. The van der Waals surface area contributed by atoms with Crippen molar-refractivity contribution in [3.63, 3.8) is 0 Å². The largest absolute Gasteiger partial charge is 0.488 e. The number of alkyl carbamates (subject to hydrolysis) is 1. The molecule has 1 saturated carbocycles. The highest BCUT2D eigenvalue weighted by Crippen LogP contribution is 2.29. The standard InChI is InChI=1S/C17H21NO5/c1-17(2,3)23-16(20)18-13-6-7-14(13)22-11-4-5-12-10(8-11)9-21-15(12)19/h4-5,8,13-14H,6-7,9H2,1-3H3,(H,18,20)/t13-,14-/m0/s1. The Kier molecular flexibility index (Phi) is 3.92. The summed E-state index contributed by atoms with van der Waals surface area (Å²) in [6, 6.07) is 5.24. The fourth-order valence-electron chi connectivity index (χ4n) is 2.59. The van der Waals surface area contributed by atoms with Gasteiger partial charge in [0, 0.05) is 5.56 Å². The van der Waals surface area contributed by atoms with E-state index in [9.17, 15) is 9.59 Å². The minimum atomic E-state index is -0.517. The topological polar surface area (TPSA) is 73.9 Å². The highest BCUT2D eigenvalue weighted by atomic mass is 16.6. The molecule has 0 saturated heterocycles. The lowest BCUT2D eigenvalue weighted by Gasteiger charge is -2.37. The summed E-state index contributed by atoms with van der Waals surface area (Å²) in [5, 5.41) is 2.84. The number of benzene rings is 1. The molecule has 23 heavy (non-hydrogen) atoms. The first kappa shape index (κ1) is 15.6. The van der Waals surface area contributed by atoms with Crippen LogP contribution in [0.5, 0.6) is 5.75 Å². The maximum Gasteiger partial charge on any atom is 0.408 e. The second kappa shape index (κ2) is 5.76. The zero-order valence-electron chi connectivity index (χ0n) is 13.5. The van der Waals surface area contributed by atoms with Crippen molar-refractivity contribution in [2.75, 3.05) is 0 Å². The van der Waals surface area contributed by atoms with Gasteiger partial charge in [-0.15, -0.1) is 0 Å². The fraction of sp³-hybridized carbons (Fsp3) is 0.529. The van der Waals surface area contributed by atoms with E-state index in [2.05, 4.69) is 5.32 Å². The molecule has 3 rings (SSSR count). The molecule has 124 valence electrons. The van der Waals surface area contributed by atoms with Gasteiger partial charge >= 0.3 is 12.1 Å². The quantitative estimate of drug-likeness (QED) is 0.867. The molecule has 0 radical (unpaired) electrons. The molecule has 2 atom stereocenters. The number of fused-ring (bicyclic) bond motifs is 1. The molecule has 1 aliphatic heterocycles. The van der Waals surface area contributed by atoms with E-state index in [1.807, 2.05) is 26.8 Å². The van der Waals surface area contributed by atoms with Gasteiger partial charge in [-0.1, -0.05) is 0 Å². The predicted molar refractivity (Wildman–Crippen MR) is 82.4 cm³/mol. The Labute approximate surface area is 135 Å². The van der Waals surface area contributed by atoms with Crippen LogP contribution in [0.2, 0.25) is 0 Å². The summed E-state index contributed by atoms with van der Waals surface area (Å²) in [5.41, 5.74) is 0.911. The predicted octanol–water partition coefficient (Wildman–Crippen LogP) is 2.79. The van der Waals surface area contributed by atoms with Crippen molar-refractivity contribution >= 4 is 12.1 Å². The molecule has 1 aromatic carbocycles. The third kappa shape index (κ3) is 3.57. The summed E-state index contributed by atoms with van der Waals surface area (Å²) in [4.78, 5) is 23.2. The third-order valence-corrected chi connectivity index (χ3v) is 3.86. The molecular formula is C17H21NO5. The van der Waals surface area contributed by atoms with Crippen LogP contribution in [0, 0.1) is 0 Å². The third-order valence-electron chi connectivity index (χ3n) is 3.86. The molecule has 6 heteroatoms. The second-order valence-electron chi connectivity index (χ2n) is 6.88. The lowest BCUT2D eigenvalue weighted by atomic mass is 9.89. The molecule has 2 aliphatic rings. The number of carbonyl (C=O) groups excluding carboxylic acids is 2. The van der Waals surface area contributed by atoms with Gasteiger partial charge in [0.15, 0.2) is 0 Å². The van der Waals surface area contributed by atoms with E-state index >= 15 is 0 Å². The van der Waals surface area contributed by atoms with Gasteiger partial charge in [0.2, 0.25) is 0 Å². The van der Waals surface area contributed by atoms with Crippen molar-refractivity contribution in [3.05, 3.63) is 29.3 Å². The van der Waals surface area contributed by atoms with Crippen molar-refractivity contribution in [1.29, 1.82) is 0 Å². The molecule has 1 fully saturated rings. The van der Waals surface area contributed by atoms with Crippen LogP contribution in [0.1, 0.15) is 49.5 Å². The monoisotopic (exact) mass is 319 g/mol. The Bertz CT molecular complexity index is 634. The van der Waals surface area contributed by atoms with Gasteiger partial charge in [0.05, 0.1) is 11.6 Å². The Morgan fingerprint density at radius 1 is 1.30 bits per heavy atom. The van der Waals surface area contributed by atoms with Gasteiger partial charge < -0.3 is 19.5 Å². The van der Waals surface area contributed by atoms with Crippen LogP contribution in [0.4, 0.5) is 4.79 Å². The molecule has 0 spiro atoms. The van der Waals surface area contributed by atoms with Gasteiger partial charge in [-0.25, -0.2) is 9.59 Å². The van der Waals surface area contributed by atoms with Crippen LogP contribution in [-0.2, 0) is 16.1 Å². The first-order valence-corrected chi connectivity index (χ1v) is 7.78. The Balaban J connectivity index is 1.57. The minimum Gasteiger partial charge on any atom is -0.488 e. The Hall–Kier alpha value is -2.24. The Morgan fingerprint density at radius 3 is 2.74 bits per heavy atom. The van der Waals surface area contributed by atoms with Gasteiger partial charge in [-0.2, -0.15) is 0 Å². The highest BCUT2D eigenvalue weighted by Gasteiger charge is 2.35. The van der Waals surface area contributed by atoms with Crippen LogP contribution in [0.3, 0.4) is 0 Å². The molecule has 1 amide bonds. The van der Waals surface area contributed by atoms with E-state index in [1.54, 1.807) is 12.1 Å². The van der Waals surface area contributed by atoms with Crippen molar-refractivity contribution in [1.82, 2.24) is 5.32 Å². The zero-order chi connectivity index (χ0) is 16.6. The van der Waals surface area contributed by atoms with Crippen LogP contribution < -0.4 is 10.1 Å². The normalized spacial score (nSPS) is 22.7. The zero-order valence-corrected chi connectivity index (χ0v) is 13.5. The van der Waals surface area contributed by atoms with Gasteiger partial charge in [0.1, 0.15) is 24.1 Å². The van der Waals surface area contributed by atoms with Gasteiger partial charge in [0.25, 0.3) is 0 Å². The van der Waals surface area contributed by atoms with E-state index < -0.39 is 11.7 Å². The molecule has 6 nitrogen and oxygen atoms in total. The fourth-order valence-corrected chi connectivity index (χ4v) is 2.59. The number of nitrogens with one attached hydrogen (secondary N) is 1. The number of rotatable bonds is 3. The van der Waals surface area contributed by atoms with E-state index in [-0.39, 0.29) is 24.7 Å². The Morgan fingerprint density at radius 2 is 2.09 bits per heavy atom. The summed E-state index contributed by atoms with van der Waals surface area (Å²) in [5.74, 6) is 0.391. The SMILES string of the molecule is CC(C)(C)OC(=O)N[C@H]1CC[C@@H]1Oc1ccc2c(c1)COC2=O. The molecule has 0 unspecified atom stereocenters. The summed E-state index contributed by atoms with van der Waals surface area (Å²) >= 11 is 0. The second-order valence-corrected chi connectivity index (χ2v) is 6.88. The van der Waals surface area contributed by atoms with Crippen molar-refractivity contribution in [3.8, 4) is 5.75 Å². The van der Waals surface area contributed by atoms with E-state index in [1.165, 1.54) is 0 Å². The number of cyclic esters (lactones) is 1. The average Bonchev–Trinajstić information content (AvgIpc) is 2.80. The first-order valence-electron chi connectivity index (χ1n) is 7.78. The molecule has 1 aliphatic carbocycles. The molecule has 1 aromatic rings. The summed E-state index contributed by atoms with van der Waals surface area (Å²) < 4.78 is 16.1. The summed E-state index contributed by atoms with van der Waals surface area (Å²) in [6.45, 7) is 5.77. The van der Waals surface area contributed by atoms with E-state index in [0.717, 1.165) is 18.4 Å². The molecule has 0 aromatic heterocycles. The maximum absolute atomic E-state index is 11.8. The smallest absolute Gasteiger partial charge is 0.408 e. The van der Waals surface area contributed by atoms with Crippen molar-refractivity contribution < 1.29 is 23.8 Å². The van der Waals surface area contributed by atoms with Crippen molar-refractivity contribution in [2.45, 2.75) is 58.0 Å². The van der Waals surface area contributed by atoms with Gasteiger partial charge in [-0.05, 0) is 51.8 Å². The van der Waals surface area contributed by atoms with Crippen LogP contribution in [0.25, 0.3) is 0 Å². The number of amides is 1. The molecule has 1 heterocycles. The number of hydrogen-bond acceptors (Lipinski definition) is 5. The van der Waals surface area contributed by atoms with Crippen LogP contribution >= 0.6 is 0 Å². The highest BCUT2D eigenvalue weighted by molar-refractivity contribution is 5.93. The van der Waals surface area contributed by atoms with E-state index in [4.69, 9.17) is 14.2 Å². The van der Waals surface area contributed by atoms with Crippen molar-refractivity contribution in [2.24, 2.45) is 0 Å². The summed E-state index contributed by atoms with van der Waals surface area (Å²) in [6.07, 6.45) is 1.21. The number of hydrogen-bond donors (Lipinski definition) is 1. The molecular weight excluding hydrogens is 298 g/mol. The van der Waals surface area contributed by atoms with Crippen LogP contribution in [0.15, 0.2) is 18.2 Å². The number of esters is 1. The lowest BCUT2D eigenvalue weighted by molar-refractivity contribution is 0.0293. The average molecular weight is 319 g/mol. The first-order chi connectivity index (χ1) is 10.8. The molecule has 1 N–H and O–H groups in total. The maximum atomic E-state index is 11.8. The van der Waals surface area contributed by atoms with Crippen LogP contribution in [-0.4, -0.2) is 29.8 Å². The summed E-state index contributed by atoms with van der Waals surface area (Å²) in [7, 11) is 0. The van der Waals surface area contributed by atoms with E-state index in [0.29, 0.717) is 11.3 Å². The number of carbonyl (C=O) groups is 2. The number of ether oxygens (including phenoxy) is 3. The molecule has 0 bridgehead atoms. The van der Waals surface area contributed by atoms with Gasteiger partial charge in [-0.3, -0.25) is 0 Å². The lowest BCUT2D eigenvalue weighted by Crippen LogP contribution is -2.53.